The number of benzene rings is 1. The number of hydrogen-bond acceptors (Lipinski definition) is 6. The van der Waals surface area contributed by atoms with Gasteiger partial charge in [-0.25, -0.2) is 4.39 Å². The number of piperidine rings is 1. The van der Waals surface area contributed by atoms with E-state index in [2.05, 4.69) is 19.9 Å². The van der Waals surface area contributed by atoms with E-state index in [1.165, 1.54) is 6.07 Å². The maximum absolute atomic E-state index is 14.1. The summed E-state index contributed by atoms with van der Waals surface area (Å²) in [6, 6.07) is 6.97. The second kappa shape index (κ2) is 7.72. The standard InChI is InChI=1S/C18H22FN5O/c1-13-21-18(22-25-13)12-24-7-3-4-16(11-24)23(2)10-15-6-5-14(9-20)8-17(15)19/h5-6,8,16H,3-4,7,10-12H2,1-2H3. The lowest BCUT2D eigenvalue weighted by Crippen LogP contribution is -2.46. The van der Waals surface area contributed by atoms with Gasteiger partial charge in [0.15, 0.2) is 5.82 Å². The minimum atomic E-state index is -0.319. The number of nitriles is 1. The number of aryl methyl sites for hydroxylation is 1. The number of nitrogens with zero attached hydrogens (tertiary/aromatic N) is 5. The Morgan fingerprint density at radius 1 is 1.48 bits per heavy atom. The Hall–Kier alpha value is -2.30. The van der Waals surface area contributed by atoms with Gasteiger partial charge < -0.3 is 4.52 Å². The number of likely N-dealkylation sites (tertiary alicyclic amines) is 1. The molecule has 0 aliphatic carbocycles. The summed E-state index contributed by atoms with van der Waals surface area (Å²) >= 11 is 0. The summed E-state index contributed by atoms with van der Waals surface area (Å²) in [5, 5.41) is 12.8. The van der Waals surface area contributed by atoms with Crippen LogP contribution in [0.5, 0.6) is 0 Å². The molecule has 0 N–H and O–H groups in total. The molecule has 2 heterocycles. The number of halogens is 1. The number of hydrogen-bond donors (Lipinski definition) is 0. The fraction of sp³-hybridized carbons (Fsp3) is 0.500. The monoisotopic (exact) mass is 343 g/mol. The number of likely N-dealkylation sites (N-methyl/N-ethyl adjacent to an activating group) is 1. The molecule has 0 spiro atoms. The van der Waals surface area contributed by atoms with E-state index in [0.29, 0.717) is 42.0 Å². The van der Waals surface area contributed by atoms with Crippen molar-refractivity contribution in [1.82, 2.24) is 19.9 Å². The van der Waals surface area contributed by atoms with Crippen LogP contribution in [0.2, 0.25) is 0 Å². The molecule has 132 valence electrons. The minimum absolute atomic E-state index is 0.319. The highest BCUT2D eigenvalue weighted by molar-refractivity contribution is 5.32. The molecule has 1 fully saturated rings. The van der Waals surface area contributed by atoms with Crippen molar-refractivity contribution in [1.29, 1.82) is 5.26 Å². The van der Waals surface area contributed by atoms with E-state index in [4.69, 9.17) is 9.78 Å². The normalized spacial score (nSPS) is 18.4. The van der Waals surface area contributed by atoms with Gasteiger partial charge in [-0.05, 0) is 38.6 Å². The van der Waals surface area contributed by atoms with Gasteiger partial charge in [0.05, 0.1) is 18.2 Å². The molecule has 3 rings (SSSR count). The van der Waals surface area contributed by atoms with Crippen molar-refractivity contribution in [3.05, 3.63) is 46.9 Å². The van der Waals surface area contributed by atoms with Crippen LogP contribution in [0.15, 0.2) is 22.7 Å². The van der Waals surface area contributed by atoms with Crippen molar-refractivity contribution in [2.45, 2.75) is 38.9 Å². The molecule has 0 bridgehead atoms. The van der Waals surface area contributed by atoms with E-state index < -0.39 is 0 Å². The Morgan fingerprint density at radius 3 is 3.00 bits per heavy atom. The third-order valence-corrected chi connectivity index (χ3v) is 4.64. The maximum atomic E-state index is 14.1. The van der Waals surface area contributed by atoms with E-state index in [0.717, 1.165) is 25.9 Å². The molecule has 6 nitrogen and oxygen atoms in total. The summed E-state index contributed by atoms with van der Waals surface area (Å²) in [7, 11) is 2.02. The average molecular weight is 343 g/mol. The van der Waals surface area contributed by atoms with Gasteiger partial charge in [0.2, 0.25) is 5.89 Å². The summed E-state index contributed by atoms with van der Waals surface area (Å²) in [5.41, 5.74) is 0.968. The zero-order valence-electron chi connectivity index (χ0n) is 14.6. The lowest BCUT2D eigenvalue weighted by atomic mass is 10.0. The molecule has 1 atom stereocenters. The lowest BCUT2D eigenvalue weighted by Gasteiger charge is -2.37. The van der Waals surface area contributed by atoms with Crippen molar-refractivity contribution >= 4 is 0 Å². The second-order valence-electron chi connectivity index (χ2n) is 6.59. The molecular weight excluding hydrogens is 321 g/mol. The summed E-state index contributed by atoms with van der Waals surface area (Å²) in [5.74, 6) is 0.969. The van der Waals surface area contributed by atoms with E-state index in [1.54, 1.807) is 19.1 Å². The summed E-state index contributed by atoms with van der Waals surface area (Å²) in [6.07, 6.45) is 2.16. The van der Waals surface area contributed by atoms with E-state index in [-0.39, 0.29) is 5.82 Å². The Balaban J connectivity index is 1.60. The van der Waals surface area contributed by atoms with Crippen LogP contribution in [0.25, 0.3) is 0 Å². The Kier molecular flexibility index (Phi) is 5.41. The van der Waals surface area contributed by atoms with Gasteiger partial charge in [0.25, 0.3) is 0 Å². The van der Waals surface area contributed by atoms with Gasteiger partial charge in [-0.15, -0.1) is 0 Å². The molecule has 1 unspecified atom stereocenters. The lowest BCUT2D eigenvalue weighted by molar-refractivity contribution is 0.104. The number of aromatic nitrogens is 2. The Morgan fingerprint density at radius 2 is 2.32 bits per heavy atom. The van der Waals surface area contributed by atoms with E-state index in [9.17, 15) is 4.39 Å². The minimum Gasteiger partial charge on any atom is -0.340 e. The first kappa shape index (κ1) is 17.5. The topological polar surface area (TPSA) is 69.2 Å². The van der Waals surface area contributed by atoms with Gasteiger partial charge in [-0.2, -0.15) is 10.2 Å². The van der Waals surface area contributed by atoms with Gasteiger partial charge in [-0.3, -0.25) is 9.80 Å². The fourth-order valence-electron chi connectivity index (χ4n) is 3.28. The predicted octanol–water partition coefficient (Wildman–Crippen LogP) is 2.49. The molecule has 0 radical (unpaired) electrons. The van der Waals surface area contributed by atoms with Crippen LogP contribution >= 0.6 is 0 Å². The molecular formula is C18H22FN5O. The fourth-order valence-corrected chi connectivity index (χ4v) is 3.28. The highest BCUT2D eigenvalue weighted by Gasteiger charge is 2.24. The number of rotatable bonds is 5. The van der Waals surface area contributed by atoms with Gasteiger partial charge in [-0.1, -0.05) is 11.2 Å². The van der Waals surface area contributed by atoms with Crippen LogP contribution in [0, 0.1) is 24.1 Å². The predicted molar refractivity (Wildman–Crippen MR) is 89.9 cm³/mol. The van der Waals surface area contributed by atoms with Crippen molar-refractivity contribution in [2.75, 3.05) is 20.1 Å². The Labute approximate surface area is 146 Å². The smallest absolute Gasteiger partial charge is 0.223 e. The molecule has 1 aromatic heterocycles. The van der Waals surface area contributed by atoms with Crippen LogP contribution in [-0.2, 0) is 13.1 Å². The van der Waals surface area contributed by atoms with Crippen LogP contribution < -0.4 is 0 Å². The van der Waals surface area contributed by atoms with Gasteiger partial charge >= 0.3 is 0 Å². The van der Waals surface area contributed by atoms with Crippen LogP contribution in [0.4, 0.5) is 4.39 Å². The van der Waals surface area contributed by atoms with E-state index in [1.807, 2.05) is 13.1 Å². The summed E-state index contributed by atoms with van der Waals surface area (Å²) < 4.78 is 19.1. The molecule has 1 aliphatic rings. The van der Waals surface area contributed by atoms with Crippen LogP contribution in [0.1, 0.15) is 35.7 Å². The highest BCUT2D eigenvalue weighted by Crippen LogP contribution is 2.20. The summed E-state index contributed by atoms with van der Waals surface area (Å²) in [4.78, 5) is 8.75. The molecule has 1 aromatic carbocycles. The second-order valence-corrected chi connectivity index (χ2v) is 6.59. The third-order valence-electron chi connectivity index (χ3n) is 4.64. The molecule has 2 aromatic rings. The Bertz CT molecular complexity index is 769. The largest absolute Gasteiger partial charge is 0.340 e. The quantitative estimate of drug-likeness (QED) is 0.831. The average Bonchev–Trinajstić information content (AvgIpc) is 3.01. The van der Waals surface area contributed by atoms with Crippen molar-refractivity contribution in [2.24, 2.45) is 0 Å². The molecule has 0 saturated carbocycles. The van der Waals surface area contributed by atoms with Gasteiger partial charge in [0, 0.05) is 31.6 Å². The van der Waals surface area contributed by atoms with Crippen molar-refractivity contribution < 1.29 is 8.91 Å². The van der Waals surface area contributed by atoms with Gasteiger partial charge in [0.1, 0.15) is 5.82 Å². The summed E-state index contributed by atoms with van der Waals surface area (Å²) in [6.45, 7) is 4.88. The zero-order chi connectivity index (χ0) is 17.8. The molecule has 0 amide bonds. The molecule has 1 saturated heterocycles. The SMILES string of the molecule is Cc1nc(CN2CCCC(N(C)Cc3ccc(C#N)cc3F)C2)no1. The first-order valence-corrected chi connectivity index (χ1v) is 8.45. The molecule has 25 heavy (non-hydrogen) atoms. The first-order chi connectivity index (χ1) is 12.0. The third kappa shape index (κ3) is 4.41. The zero-order valence-corrected chi connectivity index (χ0v) is 14.6. The van der Waals surface area contributed by atoms with Crippen LogP contribution in [0.3, 0.4) is 0 Å². The van der Waals surface area contributed by atoms with E-state index >= 15 is 0 Å². The first-order valence-electron chi connectivity index (χ1n) is 8.45. The van der Waals surface area contributed by atoms with Crippen LogP contribution in [-0.4, -0.2) is 46.1 Å². The molecule has 7 heteroatoms. The van der Waals surface area contributed by atoms with Crippen molar-refractivity contribution in [3.8, 4) is 6.07 Å². The maximum Gasteiger partial charge on any atom is 0.223 e. The highest BCUT2D eigenvalue weighted by atomic mass is 19.1. The van der Waals surface area contributed by atoms with Crippen molar-refractivity contribution in [3.63, 3.8) is 0 Å². The molecule has 1 aliphatic heterocycles.